The van der Waals surface area contributed by atoms with Crippen molar-refractivity contribution in [3.8, 4) is 0 Å². The average molecular weight is 348 g/mol. The highest BCUT2D eigenvalue weighted by molar-refractivity contribution is 7.48. The van der Waals surface area contributed by atoms with Crippen LogP contribution >= 0.6 is 15.6 Å². The van der Waals surface area contributed by atoms with Crippen LogP contribution < -0.4 is 0 Å². The van der Waals surface area contributed by atoms with Crippen LogP contribution in [0, 0.1) is 11.8 Å². The fraction of sp³-hybridized carbons (Fsp3) is 1.00. The molecule has 2 N–H and O–H groups in total. The maximum absolute atomic E-state index is 11.5. The summed E-state index contributed by atoms with van der Waals surface area (Å²) in [5, 5.41) is 0. The van der Waals surface area contributed by atoms with E-state index in [1.165, 1.54) is 0 Å². The number of phosphoric acid groups is 2. The van der Waals surface area contributed by atoms with Gasteiger partial charge in [0.2, 0.25) is 0 Å². The van der Waals surface area contributed by atoms with Gasteiger partial charge in [-0.15, -0.1) is 0 Å². The van der Waals surface area contributed by atoms with Crippen LogP contribution in [0.25, 0.3) is 0 Å². The smallest absolute Gasteiger partial charge is 0.302 e. The molecule has 10 heteroatoms. The van der Waals surface area contributed by atoms with E-state index in [9.17, 15) is 18.9 Å². The third-order valence-corrected chi connectivity index (χ3v) is 4.68. The highest BCUT2D eigenvalue weighted by Crippen LogP contribution is 2.48. The Morgan fingerprint density at radius 3 is 1.43 bits per heavy atom. The fourth-order valence-corrected chi connectivity index (χ4v) is 2.40. The Bertz CT molecular complexity index is 341. The second-order valence-electron chi connectivity index (χ2n) is 4.93. The van der Waals surface area contributed by atoms with Gasteiger partial charge in [0.25, 0.3) is 0 Å². The van der Waals surface area contributed by atoms with Gasteiger partial charge in [0, 0.05) is 0 Å². The lowest BCUT2D eigenvalue weighted by Crippen LogP contribution is -2.08. The van der Waals surface area contributed by atoms with E-state index in [0.717, 1.165) is 12.8 Å². The van der Waals surface area contributed by atoms with Gasteiger partial charge < -0.3 is 9.79 Å². The van der Waals surface area contributed by atoms with E-state index >= 15 is 0 Å². The van der Waals surface area contributed by atoms with Crippen molar-refractivity contribution in [3.05, 3.63) is 0 Å². The summed E-state index contributed by atoms with van der Waals surface area (Å²) in [7, 11) is -8.60. The summed E-state index contributed by atoms with van der Waals surface area (Å²) in [6.45, 7) is 6.75. The van der Waals surface area contributed by atoms with E-state index in [1.54, 1.807) is 0 Å². The van der Waals surface area contributed by atoms with E-state index in [-0.39, 0.29) is 25.0 Å². The molecule has 4 unspecified atom stereocenters. The van der Waals surface area contributed by atoms with Gasteiger partial charge in [-0.1, -0.05) is 40.5 Å². The van der Waals surface area contributed by atoms with Crippen LogP contribution in [0.2, 0.25) is 0 Å². The van der Waals surface area contributed by atoms with E-state index in [4.69, 9.17) is 9.05 Å². The molecular formula is C11H26O8P2. The predicted octanol–water partition coefficient (Wildman–Crippen LogP) is 3.30. The highest BCUT2D eigenvalue weighted by atomic mass is 31.2. The zero-order chi connectivity index (χ0) is 16.5. The molecule has 0 spiro atoms. The standard InChI is InChI=1S/C11H26O8P2/c1-5-10(3)7-16-20(12,13)18-9-19-21(14,15)17-8-11(4)6-2/h10-11H,5-9H2,1-4H3,(H,12,13)(H,14,15). The maximum Gasteiger partial charge on any atom is 0.474 e. The van der Waals surface area contributed by atoms with Gasteiger partial charge in [-0.2, -0.15) is 0 Å². The Hall–Kier alpha value is 0.220. The van der Waals surface area contributed by atoms with Crippen LogP contribution in [0.5, 0.6) is 0 Å². The molecule has 0 heterocycles. The molecular weight excluding hydrogens is 322 g/mol. The quantitative estimate of drug-likeness (QED) is 0.408. The summed E-state index contributed by atoms with van der Waals surface area (Å²) in [6, 6.07) is 0. The number of rotatable bonds is 12. The first kappa shape index (κ1) is 21.2. The summed E-state index contributed by atoms with van der Waals surface area (Å²) in [4.78, 5) is 18.7. The van der Waals surface area contributed by atoms with Gasteiger partial charge >= 0.3 is 15.6 Å². The fourth-order valence-electron chi connectivity index (χ4n) is 0.910. The van der Waals surface area contributed by atoms with Crippen molar-refractivity contribution < 1.29 is 37.0 Å². The minimum Gasteiger partial charge on any atom is -0.302 e. The van der Waals surface area contributed by atoms with Crippen molar-refractivity contribution in [1.82, 2.24) is 0 Å². The van der Waals surface area contributed by atoms with Crippen LogP contribution in [-0.4, -0.2) is 29.8 Å². The Balaban J connectivity index is 4.04. The summed E-state index contributed by atoms with van der Waals surface area (Å²) in [5.41, 5.74) is 0. The molecule has 0 amide bonds. The van der Waals surface area contributed by atoms with Gasteiger partial charge in [0.1, 0.15) is 0 Å². The van der Waals surface area contributed by atoms with E-state index in [2.05, 4.69) is 9.05 Å². The van der Waals surface area contributed by atoms with E-state index in [0.29, 0.717) is 0 Å². The Labute approximate surface area is 126 Å². The van der Waals surface area contributed by atoms with Crippen molar-refractivity contribution in [1.29, 1.82) is 0 Å². The minimum atomic E-state index is -4.30. The Morgan fingerprint density at radius 1 is 0.810 bits per heavy atom. The molecule has 0 aliphatic carbocycles. The Kier molecular flexibility index (Phi) is 10.2. The molecule has 0 aliphatic rings. The van der Waals surface area contributed by atoms with Crippen molar-refractivity contribution in [3.63, 3.8) is 0 Å². The predicted molar refractivity (Wildman–Crippen MR) is 77.5 cm³/mol. The SMILES string of the molecule is CCC(C)COP(=O)(O)OCOP(=O)(O)OCC(C)CC. The lowest BCUT2D eigenvalue weighted by Gasteiger charge is -2.17. The van der Waals surface area contributed by atoms with Crippen LogP contribution in [0.3, 0.4) is 0 Å². The van der Waals surface area contributed by atoms with Crippen LogP contribution in [0.15, 0.2) is 0 Å². The van der Waals surface area contributed by atoms with E-state index in [1.807, 2.05) is 27.7 Å². The van der Waals surface area contributed by atoms with Crippen molar-refractivity contribution >= 4 is 15.6 Å². The van der Waals surface area contributed by atoms with Gasteiger partial charge in [-0.3, -0.25) is 18.1 Å². The van der Waals surface area contributed by atoms with Crippen LogP contribution in [0.4, 0.5) is 0 Å². The lowest BCUT2D eigenvalue weighted by atomic mass is 10.1. The third-order valence-electron chi connectivity index (χ3n) is 2.87. The molecule has 0 bridgehead atoms. The van der Waals surface area contributed by atoms with E-state index < -0.39 is 22.4 Å². The first-order valence-electron chi connectivity index (χ1n) is 6.85. The molecule has 0 aromatic rings. The molecule has 0 saturated carbocycles. The molecule has 0 saturated heterocycles. The summed E-state index contributed by atoms with van der Waals surface area (Å²) in [5.74, 6) is 0.190. The summed E-state index contributed by atoms with van der Waals surface area (Å²) >= 11 is 0. The van der Waals surface area contributed by atoms with Crippen LogP contribution in [-0.2, 0) is 27.2 Å². The molecule has 4 atom stereocenters. The molecule has 0 aromatic heterocycles. The maximum atomic E-state index is 11.5. The monoisotopic (exact) mass is 348 g/mol. The van der Waals surface area contributed by atoms with Gasteiger partial charge in [0.15, 0.2) is 6.79 Å². The largest absolute Gasteiger partial charge is 0.474 e. The molecule has 0 aliphatic heterocycles. The molecule has 128 valence electrons. The molecule has 0 radical (unpaired) electrons. The molecule has 0 fully saturated rings. The summed E-state index contributed by atoms with van der Waals surface area (Å²) < 4.78 is 41.2. The van der Waals surface area contributed by atoms with Gasteiger partial charge in [-0.25, -0.2) is 9.13 Å². The van der Waals surface area contributed by atoms with Crippen molar-refractivity contribution in [2.24, 2.45) is 11.8 Å². The minimum absolute atomic E-state index is 0.0472. The zero-order valence-electron chi connectivity index (χ0n) is 12.9. The second kappa shape index (κ2) is 10.1. The highest BCUT2D eigenvalue weighted by Gasteiger charge is 2.27. The molecule has 0 aromatic carbocycles. The average Bonchev–Trinajstić information content (AvgIpc) is 2.41. The second-order valence-corrected chi connectivity index (χ2v) is 7.84. The number of hydrogen-bond acceptors (Lipinski definition) is 6. The normalized spacial score (nSPS) is 20.5. The molecule has 8 nitrogen and oxygen atoms in total. The molecule has 0 rings (SSSR count). The first-order valence-corrected chi connectivity index (χ1v) is 9.84. The van der Waals surface area contributed by atoms with Crippen molar-refractivity contribution in [2.45, 2.75) is 40.5 Å². The first-order chi connectivity index (χ1) is 9.62. The number of phosphoric ester groups is 2. The molecule has 21 heavy (non-hydrogen) atoms. The van der Waals surface area contributed by atoms with Gasteiger partial charge in [-0.05, 0) is 11.8 Å². The van der Waals surface area contributed by atoms with Crippen LogP contribution in [0.1, 0.15) is 40.5 Å². The lowest BCUT2D eigenvalue weighted by molar-refractivity contribution is 0.0323. The number of hydrogen-bond donors (Lipinski definition) is 2. The Morgan fingerprint density at radius 2 is 1.14 bits per heavy atom. The van der Waals surface area contributed by atoms with Crippen molar-refractivity contribution in [2.75, 3.05) is 20.0 Å². The summed E-state index contributed by atoms with van der Waals surface area (Å²) in [6.07, 6.45) is 1.57. The topological polar surface area (TPSA) is 112 Å². The zero-order valence-corrected chi connectivity index (χ0v) is 14.7. The third kappa shape index (κ3) is 11.4. The van der Waals surface area contributed by atoms with Gasteiger partial charge in [0.05, 0.1) is 13.2 Å².